The maximum absolute atomic E-state index is 10.3. The first-order valence-corrected chi connectivity index (χ1v) is 10.5. The fraction of sp³-hybridized carbons (Fsp3) is 0.478. The molecule has 1 N–H and O–H groups in total. The largest absolute Gasteiger partial charge is 0.381 e. The molecule has 6 rings (SSSR count). The molecule has 3 aromatic rings. The summed E-state index contributed by atoms with van der Waals surface area (Å²) in [5.41, 5.74) is 3.91. The van der Waals surface area contributed by atoms with Gasteiger partial charge in [-0.3, -0.25) is 4.90 Å². The van der Waals surface area contributed by atoms with Gasteiger partial charge in [0.05, 0.1) is 17.3 Å². The van der Waals surface area contributed by atoms with Gasteiger partial charge in [-0.1, -0.05) is 30.3 Å². The Balaban J connectivity index is 1.66. The molecule has 0 aliphatic carbocycles. The standard InChI is InChI=1S/C23H26N4O2/c1-22(2,28)21-24-20(25-29-21)17-13-23(3)10-6-11-26-12-9-15-14-7-4-5-8-16(14)27(17)18(15)19(23)26/h4-5,7-8,13,19,28H,6,9-12H2,1-3H3/t19-,23+/m1/s1. The Bertz CT molecular complexity index is 1170. The van der Waals surface area contributed by atoms with E-state index in [-0.39, 0.29) is 11.3 Å². The van der Waals surface area contributed by atoms with Crippen LogP contribution in [0.4, 0.5) is 0 Å². The Hall–Kier alpha value is -2.44. The molecule has 5 heterocycles. The molecule has 0 spiro atoms. The summed E-state index contributed by atoms with van der Waals surface area (Å²) in [5, 5.41) is 15.9. The molecule has 0 saturated carbocycles. The smallest absolute Gasteiger partial charge is 0.258 e. The number of piperidine rings is 1. The number of hydrogen-bond donors (Lipinski definition) is 1. The molecule has 0 amide bonds. The highest BCUT2D eigenvalue weighted by molar-refractivity contribution is 5.91. The quantitative estimate of drug-likeness (QED) is 0.720. The van der Waals surface area contributed by atoms with E-state index < -0.39 is 5.60 Å². The van der Waals surface area contributed by atoms with Gasteiger partial charge in [-0.15, -0.1) is 0 Å². The maximum atomic E-state index is 10.3. The predicted molar refractivity (Wildman–Crippen MR) is 110 cm³/mol. The number of fused-ring (bicyclic) bond motifs is 3. The minimum atomic E-state index is -1.16. The fourth-order valence-electron chi connectivity index (χ4n) is 5.73. The molecule has 1 fully saturated rings. The Morgan fingerprint density at radius 3 is 2.86 bits per heavy atom. The van der Waals surface area contributed by atoms with Crippen molar-refractivity contribution in [1.82, 2.24) is 19.6 Å². The van der Waals surface area contributed by atoms with Crippen LogP contribution >= 0.6 is 0 Å². The zero-order valence-electron chi connectivity index (χ0n) is 17.1. The highest BCUT2D eigenvalue weighted by atomic mass is 16.5. The molecule has 6 nitrogen and oxygen atoms in total. The molecule has 0 unspecified atom stereocenters. The summed E-state index contributed by atoms with van der Waals surface area (Å²) in [7, 11) is 0. The van der Waals surface area contributed by atoms with Crippen LogP contribution in [0.3, 0.4) is 0 Å². The monoisotopic (exact) mass is 390 g/mol. The van der Waals surface area contributed by atoms with E-state index in [4.69, 9.17) is 4.52 Å². The number of para-hydroxylation sites is 1. The van der Waals surface area contributed by atoms with E-state index >= 15 is 0 Å². The van der Waals surface area contributed by atoms with E-state index in [2.05, 4.69) is 56.9 Å². The van der Waals surface area contributed by atoms with Gasteiger partial charge >= 0.3 is 0 Å². The highest BCUT2D eigenvalue weighted by Gasteiger charge is 2.49. The number of aliphatic hydroxyl groups is 1. The summed E-state index contributed by atoms with van der Waals surface area (Å²) < 4.78 is 7.80. The molecule has 1 aromatic carbocycles. The Morgan fingerprint density at radius 1 is 1.24 bits per heavy atom. The third kappa shape index (κ3) is 2.30. The van der Waals surface area contributed by atoms with E-state index in [0.29, 0.717) is 11.9 Å². The second-order valence-electron chi connectivity index (χ2n) is 9.53. The van der Waals surface area contributed by atoms with Crippen molar-refractivity contribution >= 4 is 16.6 Å². The van der Waals surface area contributed by atoms with Crippen molar-refractivity contribution in [1.29, 1.82) is 0 Å². The first kappa shape index (κ1) is 17.4. The van der Waals surface area contributed by atoms with Crippen LogP contribution in [0, 0.1) is 5.41 Å². The normalized spacial score (nSPS) is 26.5. The third-order valence-corrected chi connectivity index (χ3v) is 6.96. The summed E-state index contributed by atoms with van der Waals surface area (Å²) in [4.78, 5) is 7.26. The van der Waals surface area contributed by atoms with Crippen molar-refractivity contribution in [3.8, 4) is 0 Å². The average Bonchev–Trinajstić information content (AvgIpc) is 3.30. The van der Waals surface area contributed by atoms with Gasteiger partial charge < -0.3 is 14.2 Å². The van der Waals surface area contributed by atoms with Crippen molar-refractivity contribution in [2.24, 2.45) is 5.41 Å². The van der Waals surface area contributed by atoms with Crippen LogP contribution in [0.25, 0.3) is 16.6 Å². The highest BCUT2D eigenvalue weighted by Crippen LogP contribution is 2.55. The van der Waals surface area contributed by atoms with Gasteiger partial charge in [0, 0.05) is 23.0 Å². The molecular weight excluding hydrogens is 364 g/mol. The summed E-state index contributed by atoms with van der Waals surface area (Å²) in [6.07, 6.45) is 5.78. The van der Waals surface area contributed by atoms with Gasteiger partial charge in [-0.05, 0) is 57.4 Å². The van der Waals surface area contributed by atoms with Gasteiger partial charge in [-0.25, -0.2) is 0 Å². The minimum absolute atomic E-state index is 0.0304. The van der Waals surface area contributed by atoms with Crippen molar-refractivity contribution in [2.75, 3.05) is 13.1 Å². The summed E-state index contributed by atoms with van der Waals surface area (Å²) >= 11 is 0. The van der Waals surface area contributed by atoms with Gasteiger partial charge in [0.25, 0.3) is 5.89 Å². The van der Waals surface area contributed by atoms with E-state index in [0.717, 1.165) is 31.6 Å². The zero-order chi connectivity index (χ0) is 20.0. The molecule has 0 bridgehead atoms. The average molecular weight is 390 g/mol. The molecule has 6 heteroatoms. The second-order valence-corrected chi connectivity index (χ2v) is 9.53. The van der Waals surface area contributed by atoms with Gasteiger partial charge in [0.1, 0.15) is 5.60 Å². The molecular formula is C23H26N4O2. The molecule has 2 aromatic heterocycles. The topological polar surface area (TPSA) is 67.3 Å². The maximum Gasteiger partial charge on any atom is 0.258 e. The number of rotatable bonds is 2. The van der Waals surface area contributed by atoms with Crippen LogP contribution in [0.1, 0.15) is 62.6 Å². The zero-order valence-corrected chi connectivity index (χ0v) is 17.1. The van der Waals surface area contributed by atoms with Crippen LogP contribution < -0.4 is 0 Å². The Kier molecular flexibility index (Phi) is 3.35. The van der Waals surface area contributed by atoms with Crippen molar-refractivity contribution in [3.05, 3.63) is 53.3 Å². The number of hydrogen-bond acceptors (Lipinski definition) is 5. The lowest BCUT2D eigenvalue weighted by atomic mass is 9.69. The van der Waals surface area contributed by atoms with Gasteiger partial charge in [-0.2, -0.15) is 4.98 Å². The van der Waals surface area contributed by atoms with Gasteiger partial charge in [0.15, 0.2) is 0 Å². The molecule has 150 valence electrons. The summed E-state index contributed by atoms with van der Waals surface area (Å²) in [6, 6.07) is 9.04. The van der Waals surface area contributed by atoms with Crippen molar-refractivity contribution in [3.63, 3.8) is 0 Å². The van der Waals surface area contributed by atoms with Crippen LogP contribution in [0.15, 0.2) is 34.9 Å². The molecule has 3 aliphatic heterocycles. The lowest BCUT2D eigenvalue weighted by Gasteiger charge is -2.52. The lowest BCUT2D eigenvalue weighted by Crippen LogP contribution is -2.49. The molecule has 1 saturated heterocycles. The van der Waals surface area contributed by atoms with Crippen molar-refractivity contribution < 1.29 is 9.63 Å². The summed E-state index contributed by atoms with van der Waals surface area (Å²) in [5.74, 6) is 0.796. The second kappa shape index (κ2) is 5.58. The predicted octanol–water partition coefficient (Wildman–Crippen LogP) is 3.85. The molecule has 0 radical (unpaired) electrons. The fourth-order valence-corrected chi connectivity index (χ4v) is 5.73. The first-order valence-electron chi connectivity index (χ1n) is 10.5. The van der Waals surface area contributed by atoms with E-state index in [1.165, 1.54) is 28.6 Å². The Morgan fingerprint density at radius 2 is 2.07 bits per heavy atom. The minimum Gasteiger partial charge on any atom is -0.381 e. The van der Waals surface area contributed by atoms with Crippen LogP contribution in [0.5, 0.6) is 0 Å². The SMILES string of the molecule is CC(C)(O)c1nc(C2=C[C@]3(C)CCCN4CCc5c(n2c2ccccc52)[C@@H]43)no1. The van der Waals surface area contributed by atoms with E-state index in [9.17, 15) is 5.11 Å². The number of aromatic nitrogens is 3. The van der Waals surface area contributed by atoms with Crippen LogP contribution in [0.2, 0.25) is 0 Å². The lowest BCUT2D eigenvalue weighted by molar-refractivity contribution is 0.0410. The van der Waals surface area contributed by atoms with Crippen molar-refractivity contribution in [2.45, 2.75) is 51.7 Å². The number of nitrogens with zero attached hydrogens (tertiary/aromatic N) is 4. The van der Waals surface area contributed by atoms with Gasteiger partial charge in [0.2, 0.25) is 5.82 Å². The first-order chi connectivity index (χ1) is 13.9. The molecule has 3 aliphatic rings. The molecule has 2 atom stereocenters. The molecule has 29 heavy (non-hydrogen) atoms. The van der Waals surface area contributed by atoms with Crippen LogP contribution in [-0.4, -0.2) is 37.8 Å². The summed E-state index contributed by atoms with van der Waals surface area (Å²) in [6.45, 7) is 7.99. The third-order valence-electron chi connectivity index (χ3n) is 6.96. The number of benzene rings is 1. The Labute approximate surface area is 169 Å². The van der Waals surface area contributed by atoms with E-state index in [1.54, 1.807) is 13.8 Å². The van der Waals surface area contributed by atoms with E-state index in [1.807, 2.05) is 0 Å². The van der Waals surface area contributed by atoms with Crippen LogP contribution in [-0.2, 0) is 12.0 Å².